The Hall–Kier alpha value is -2.37. The van der Waals surface area contributed by atoms with Crippen molar-refractivity contribution in [1.82, 2.24) is 0 Å². The summed E-state index contributed by atoms with van der Waals surface area (Å²) in [6.07, 6.45) is 2.66. The molecule has 1 aliphatic carbocycles. The number of carboxylic acids is 1. The van der Waals surface area contributed by atoms with Crippen LogP contribution in [0.1, 0.15) is 43.0 Å². The van der Waals surface area contributed by atoms with Crippen LogP contribution in [0.4, 0.5) is 5.69 Å². The number of carboxylic acid groups (broad SMARTS) is 1. The van der Waals surface area contributed by atoms with Crippen LogP contribution >= 0.6 is 0 Å². The van der Waals surface area contributed by atoms with Gasteiger partial charge in [-0.3, -0.25) is 4.79 Å². The highest BCUT2D eigenvalue weighted by atomic mass is 16.5. The fourth-order valence-corrected chi connectivity index (χ4v) is 2.87. The lowest BCUT2D eigenvalue weighted by atomic mass is 9.78. The van der Waals surface area contributed by atoms with E-state index in [9.17, 15) is 19.5 Å². The summed E-state index contributed by atoms with van der Waals surface area (Å²) in [5, 5.41) is 13.9. The first-order valence-electron chi connectivity index (χ1n) is 7.81. The lowest BCUT2D eigenvalue weighted by molar-refractivity contribution is -0.313. The Morgan fingerprint density at radius 1 is 1.13 bits per heavy atom. The van der Waals surface area contributed by atoms with E-state index in [1.54, 1.807) is 31.2 Å². The lowest BCUT2D eigenvalue weighted by Crippen LogP contribution is -2.42. The Kier molecular flexibility index (Phi) is 5.73. The number of hydrogen-bond donors (Lipinski definition) is 1. The summed E-state index contributed by atoms with van der Waals surface area (Å²) in [5.41, 5.74) is 0.917. The van der Waals surface area contributed by atoms with Crippen molar-refractivity contribution in [2.45, 2.75) is 32.6 Å². The molecule has 0 spiro atoms. The van der Waals surface area contributed by atoms with Gasteiger partial charge in [-0.1, -0.05) is 12.8 Å². The fraction of sp³-hybridized carbons (Fsp3) is 0.471. The molecule has 0 heterocycles. The molecule has 0 radical (unpaired) electrons. The van der Waals surface area contributed by atoms with Gasteiger partial charge in [-0.15, -0.1) is 0 Å². The molecule has 1 amide bonds. The zero-order chi connectivity index (χ0) is 16.8. The first-order chi connectivity index (χ1) is 11.0. The van der Waals surface area contributed by atoms with E-state index >= 15 is 0 Å². The van der Waals surface area contributed by atoms with Crippen LogP contribution in [0.15, 0.2) is 24.3 Å². The predicted molar refractivity (Wildman–Crippen MR) is 81.5 cm³/mol. The molecule has 1 N–H and O–H groups in total. The van der Waals surface area contributed by atoms with Gasteiger partial charge >= 0.3 is 5.97 Å². The molecular formula is C17H20NO5-. The van der Waals surface area contributed by atoms with Gasteiger partial charge in [0, 0.05) is 23.5 Å². The summed E-state index contributed by atoms with van der Waals surface area (Å²) in [5.74, 6) is -3.21. The highest BCUT2D eigenvalue weighted by Crippen LogP contribution is 2.30. The third-order valence-electron chi connectivity index (χ3n) is 4.07. The lowest BCUT2D eigenvalue weighted by Gasteiger charge is -2.31. The van der Waals surface area contributed by atoms with Gasteiger partial charge < -0.3 is 20.0 Å². The Balaban J connectivity index is 2.02. The van der Waals surface area contributed by atoms with Crippen molar-refractivity contribution < 1.29 is 24.2 Å². The van der Waals surface area contributed by atoms with Crippen LogP contribution < -0.4 is 10.4 Å². The zero-order valence-electron chi connectivity index (χ0n) is 13.0. The van der Waals surface area contributed by atoms with E-state index in [-0.39, 0.29) is 5.91 Å². The number of anilines is 1. The van der Waals surface area contributed by atoms with E-state index in [2.05, 4.69) is 5.32 Å². The predicted octanol–water partition coefficient (Wildman–Crippen LogP) is 1.36. The molecule has 2 rings (SSSR count). The van der Waals surface area contributed by atoms with Crippen LogP contribution in [0.25, 0.3) is 0 Å². The van der Waals surface area contributed by atoms with Gasteiger partial charge in [0.2, 0.25) is 5.91 Å². The summed E-state index contributed by atoms with van der Waals surface area (Å²) in [6, 6.07) is 6.32. The maximum atomic E-state index is 12.3. The van der Waals surface area contributed by atoms with Crippen LogP contribution in [-0.2, 0) is 14.3 Å². The number of ether oxygens (including phenoxy) is 1. The first kappa shape index (κ1) is 17.0. The molecule has 1 fully saturated rings. The Morgan fingerprint density at radius 3 is 2.30 bits per heavy atom. The third-order valence-corrected chi connectivity index (χ3v) is 4.07. The Morgan fingerprint density at radius 2 is 1.74 bits per heavy atom. The number of carbonyl (C=O) groups is 3. The van der Waals surface area contributed by atoms with E-state index in [4.69, 9.17) is 4.74 Å². The van der Waals surface area contributed by atoms with Crippen molar-refractivity contribution in [2.24, 2.45) is 11.8 Å². The Labute approximate surface area is 134 Å². The van der Waals surface area contributed by atoms with Crippen molar-refractivity contribution in [3.8, 4) is 0 Å². The molecule has 1 aromatic rings. The van der Waals surface area contributed by atoms with E-state index in [0.29, 0.717) is 30.7 Å². The molecule has 124 valence electrons. The number of esters is 1. The summed E-state index contributed by atoms with van der Waals surface area (Å²) >= 11 is 0. The molecule has 1 aromatic carbocycles. The average Bonchev–Trinajstić information content (AvgIpc) is 2.55. The van der Waals surface area contributed by atoms with Crippen molar-refractivity contribution in [1.29, 1.82) is 0 Å². The summed E-state index contributed by atoms with van der Waals surface area (Å²) in [6.45, 7) is 2.02. The normalized spacial score (nSPS) is 20.6. The van der Waals surface area contributed by atoms with E-state index < -0.39 is 23.8 Å². The molecule has 23 heavy (non-hydrogen) atoms. The molecule has 1 aliphatic rings. The second kappa shape index (κ2) is 7.76. The topological polar surface area (TPSA) is 95.5 Å². The fourth-order valence-electron chi connectivity index (χ4n) is 2.87. The number of nitrogens with one attached hydrogen (secondary N) is 1. The maximum absolute atomic E-state index is 12.3. The maximum Gasteiger partial charge on any atom is 0.338 e. The molecule has 2 atom stereocenters. The quantitative estimate of drug-likeness (QED) is 0.827. The zero-order valence-corrected chi connectivity index (χ0v) is 13.0. The van der Waals surface area contributed by atoms with Gasteiger partial charge in [-0.25, -0.2) is 4.79 Å². The van der Waals surface area contributed by atoms with Gasteiger partial charge in [0.25, 0.3) is 0 Å². The van der Waals surface area contributed by atoms with Crippen LogP contribution in [0, 0.1) is 11.8 Å². The molecule has 0 unspecified atom stereocenters. The number of rotatable bonds is 5. The molecule has 0 aliphatic heterocycles. The second-order valence-electron chi connectivity index (χ2n) is 5.60. The minimum atomic E-state index is -1.16. The number of aliphatic carboxylic acids is 1. The number of benzene rings is 1. The standard InChI is InChI=1S/C17H21NO5/c1-2-23-17(22)11-7-9-12(10-8-11)18-15(19)13-5-3-4-6-14(13)16(20)21/h7-10,13-14H,2-6H2,1H3,(H,18,19)(H,20,21)/p-1/t13-,14+/m0/s1. The average molecular weight is 318 g/mol. The minimum Gasteiger partial charge on any atom is -0.550 e. The molecule has 1 saturated carbocycles. The smallest absolute Gasteiger partial charge is 0.338 e. The van der Waals surface area contributed by atoms with Crippen LogP contribution in [-0.4, -0.2) is 24.5 Å². The van der Waals surface area contributed by atoms with Gasteiger partial charge in [0.15, 0.2) is 0 Å². The van der Waals surface area contributed by atoms with Gasteiger partial charge in [-0.05, 0) is 44.0 Å². The molecule has 0 saturated heterocycles. The van der Waals surface area contributed by atoms with Crippen molar-refractivity contribution in [3.63, 3.8) is 0 Å². The highest BCUT2D eigenvalue weighted by Gasteiger charge is 2.31. The van der Waals surface area contributed by atoms with E-state index in [0.717, 1.165) is 12.8 Å². The highest BCUT2D eigenvalue weighted by molar-refractivity contribution is 5.96. The molecule has 0 bridgehead atoms. The van der Waals surface area contributed by atoms with Crippen LogP contribution in [0.2, 0.25) is 0 Å². The number of hydrogen-bond acceptors (Lipinski definition) is 5. The molecule has 6 nitrogen and oxygen atoms in total. The molecular weight excluding hydrogens is 298 g/mol. The molecule has 0 aromatic heterocycles. The molecule has 6 heteroatoms. The monoisotopic (exact) mass is 318 g/mol. The summed E-state index contributed by atoms with van der Waals surface area (Å²) < 4.78 is 4.89. The van der Waals surface area contributed by atoms with Crippen LogP contribution in [0.5, 0.6) is 0 Å². The van der Waals surface area contributed by atoms with Gasteiger partial charge in [0.05, 0.1) is 12.2 Å². The van der Waals surface area contributed by atoms with Crippen LogP contribution in [0.3, 0.4) is 0 Å². The Bertz CT molecular complexity index is 581. The van der Waals surface area contributed by atoms with Crippen molar-refractivity contribution in [3.05, 3.63) is 29.8 Å². The summed E-state index contributed by atoms with van der Waals surface area (Å²) in [4.78, 5) is 35.0. The first-order valence-corrected chi connectivity index (χ1v) is 7.81. The number of carbonyl (C=O) groups excluding carboxylic acids is 3. The third kappa shape index (κ3) is 4.31. The van der Waals surface area contributed by atoms with Crippen molar-refractivity contribution >= 4 is 23.5 Å². The van der Waals surface area contributed by atoms with Gasteiger partial charge in [-0.2, -0.15) is 0 Å². The van der Waals surface area contributed by atoms with Gasteiger partial charge in [0.1, 0.15) is 0 Å². The SMILES string of the molecule is CCOC(=O)c1ccc(NC(=O)[C@H]2CCCC[C@H]2C(=O)[O-])cc1. The van der Waals surface area contributed by atoms with E-state index in [1.807, 2.05) is 0 Å². The summed E-state index contributed by atoms with van der Waals surface area (Å²) in [7, 11) is 0. The largest absolute Gasteiger partial charge is 0.550 e. The minimum absolute atomic E-state index is 0.295. The van der Waals surface area contributed by atoms with E-state index in [1.165, 1.54) is 0 Å². The second-order valence-corrected chi connectivity index (χ2v) is 5.60. The number of amides is 1. The van der Waals surface area contributed by atoms with Crippen molar-refractivity contribution in [2.75, 3.05) is 11.9 Å².